The fourth-order valence-corrected chi connectivity index (χ4v) is 1.95. The average molecular weight is 283 g/mol. The van der Waals surface area contributed by atoms with E-state index in [9.17, 15) is 0 Å². The summed E-state index contributed by atoms with van der Waals surface area (Å²) in [4.78, 5) is 0.658. The van der Waals surface area contributed by atoms with Crippen molar-refractivity contribution in [2.24, 2.45) is 0 Å². The second-order valence-corrected chi connectivity index (χ2v) is 6.79. The summed E-state index contributed by atoms with van der Waals surface area (Å²) in [7, 11) is 0. The lowest BCUT2D eigenvalue weighted by atomic mass is 9.86. The Morgan fingerprint density at radius 3 is 2.50 bits per heavy atom. The van der Waals surface area contributed by atoms with Gasteiger partial charge in [-0.3, -0.25) is 0 Å². The quantitative estimate of drug-likeness (QED) is 0.675. The molecule has 1 atom stereocenters. The highest BCUT2D eigenvalue weighted by atomic mass is 79.9. The summed E-state index contributed by atoms with van der Waals surface area (Å²) >= 11 is 3.69. The highest BCUT2D eigenvalue weighted by molar-refractivity contribution is 9.09. The van der Waals surface area contributed by atoms with Crippen molar-refractivity contribution < 1.29 is 0 Å². The van der Waals surface area contributed by atoms with Crippen LogP contribution < -0.4 is 0 Å². The first-order valence-corrected chi connectivity index (χ1v) is 7.08. The van der Waals surface area contributed by atoms with E-state index in [1.807, 2.05) is 0 Å². The van der Waals surface area contributed by atoms with Crippen LogP contribution in [-0.4, -0.2) is 4.83 Å². The molecular formula is C15H23Br. The van der Waals surface area contributed by atoms with Crippen molar-refractivity contribution in [2.75, 3.05) is 0 Å². The molecule has 0 saturated heterocycles. The third kappa shape index (κ3) is 4.29. The Balaban J connectivity index is 2.68. The Morgan fingerprint density at radius 2 is 1.94 bits per heavy atom. The van der Waals surface area contributed by atoms with Crippen molar-refractivity contribution in [3.63, 3.8) is 0 Å². The molecule has 90 valence electrons. The normalized spacial score (nSPS) is 13.8. The van der Waals surface area contributed by atoms with Crippen molar-refractivity contribution in [3.8, 4) is 0 Å². The van der Waals surface area contributed by atoms with E-state index in [-0.39, 0.29) is 5.41 Å². The van der Waals surface area contributed by atoms with Crippen LogP contribution in [0.4, 0.5) is 0 Å². The van der Waals surface area contributed by atoms with Gasteiger partial charge in [-0.05, 0) is 35.8 Å². The van der Waals surface area contributed by atoms with Gasteiger partial charge in [-0.15, -0.1) is 0 Å². The number of benzene rings is 1. The second-order valence-electron chi connectivity index (χ2n) is 5.49. The summed E-state index contributed by atoms with van der Waals surface area (Å²) in [6.07, 6.45) is 3.61. The van der Waals surface area contributed by atoms with Gasteiger partial charge < -0.3 is 0 Å². The molecule has 0 aliphatic carbocycles. The van der Waals surface area contributed by atoms with E-state index in [0.29, 0.717) is 4.83 Å². The topological polar surface area (TPSA) is 0 Å². The Kier molecular flexibility index (Phi) is 5.04. The van der Waals surface area contributed by atoms with E-state index in [2.05, 4.69) is 67.9 Å². The monoisotopic (exact) mass is 282 g/mol. The van der Waals surface area contributed by atoms with Crippen LogP contribution in [0, 0.1) is 0 Å². The van der Waals surface area contributed by atoms with Crippen molar-refractivity contribution in [1.29, 1.82) is 0 Å². The molecule has 1 aromatic carbocycles. The SMILES string of the molecule is CCC(Br)CCc1cccc(C(C)(C)C)c1. The lowest BCUT2D eigenvalue weighted by molar-refractivity contribution is 0.589. The van der Waals surface area contributed by atoms with Crippen LogP contribution in [-0.2, 0) is 11.8 Å². The number of aryl methyl sites for hydroxylation is 1. The second kappa shape index (κ2) is 5.86. The molecule has 0 nitrogen and oxygen atoms in total. The van der Waals surface area contributed by atoms with Gasteiger partial charge in [0.2, 0.25) is 0 Å². The highest BCUT2D eigenvalue weighted by Gasteiger charge is 2.13. The largest absolute Gasteiger partial charge is 0.0891 e. The zero-order chi connectivity index (χ0) is 12.2. The molecule has 0 aromatic heterocycles. The van der Waals surface area contributed by atoms with E-state index < -0.39 is 0 Å². The molecule has 1 rings (SSSR count). The Morgan fingerprint density at radius 1 is 1.25 bits per heavy atom. The first kappa shape index (κ1) is 13.8. The van der Waals surface area contributed by atoms with Crippen molar-refractivity contribution in [3.05, 3.63) is 35.4 Å². The lowest BCUT2D eigenvalue weighted by Gasteiger charge is -2.20. The first-order chi connectivity index (χ1) is 7.43. The minimum Gasteiger partial charge on any atom is -0.0891 e. The van der Waals surface area contributed by atoms with Gasteiger partial charge in [-0.1, -0.05) is 67.9 Å². The molecule has 0 fully saturated rings. The summed E-state index contributed by atoms with van der Waals surface area (Å²) < 4.78 is 0. The van der Waals surface area contributed by atoms with Crippen LogP contribution >= 0.6 is 15.9 Å². The fraction of sp³-hybridized carbons (Fsp3) is 0.600. The van der Waals surface area contributed by atoms with E-state index >= 15 is 0 Å². The molecule has 0 aliphatic rings. The van der Waals surface area contributed by atoms with Gasteiger partial charge in [0.05, 0.1) is 0 Å². The number of hydrogen-bond acceptors (Lipinski definition) is 0. The number of halogens is 1. The Labute approximate surface area is 109 Å². The predicted octanol–water partition coefficient (Wildman–Crippen LogP) is 5.09. The van der Waals surface area contributed by atoms with E-state index in [1.54, 1.807) is 0 Å². The first-order valence-electron chi connectivity index (χ1n) is 6.17. The van der Waals surface area contributed by atoms with Gasteiger partial charge in [-0.25, -0.2) is 0 Å². The van der Waals surface area contributed by atoms with Gasteiger partial charge in [0.1, 0.15) is 0 Å². The van der Waals surface area contributed by atoms with Crippen LogP contribution in [0.2, 0.25) is 0 Å². The Bertz CT molecular complexity index is 322. The molecule has 0 radical (unpaired) electrons. The summed E-state index contributed by atoms with van der Waals surface area (Å²) in [6, 6.07) is 9.01. The molecule has 0 heterocycles. The fourth-order valence-electron chi connectivity index (χ4n) is 1.72. The minimum absolute atomic E-state index is 0.259. The summed E-state index contributed by atoms with van der Waals surface area (Å²) in [5.41, 5.74) is 3.16. The van der Waals surface area contributed by atoms with Gasteiger partial charge in [0.15, 0.2) is 0 Å². The van der Waals surface area contributed by atoms with Crippen LogP contribution in [0.1, 0.15) is 51.7 Å². The molecule has 1 heteroatoms. The van der Waals surface area contributed by atoms with Crippen LogP contribution in [0.5, 0.6) is 0 Å². The molecule has 0 aliphatic heterocycles. The zero-order valence-electron chi connectivity index (χ0n) is 10.9. The highest BCUT2D eigenvalue weighted by Crippen LogP contribution is 2.23. The Hall–Kier alpha value is -0.300. The van der Waals surface area contributed by atoms with Crippen molar-refractivity contribution >= 4 is 15.9 Å². The lowest BCUT2D eigenvalue weighted by Crippen LogP contribution is -2.11. The van der Waals surface area contributed by atoms with Gasteiger partial charge in [0, 0.05) is 4.83 Å². The smallest absolute Gasteiger partial charge is 0.0146 e. The maximum Gasteiger partial charge on any atom is 0.0146 e. The predicted molar refractivity (Wildman–Crippen MR) is 76.5 cm³/mol. The summed E-state index contributed by atoms with van der Waals surface area (Å²) in [5, 5.41) is 0. The van der Waals surface area contributed by atoms with E-state index in [0.717, 1.165) is 0 Å². The van der Waals surface area contributed by atoms with E-state index in [4.69, 9.17) is 0 Å². The number of hydrogen-bond donors (Lipinski definition) is 0. The molecule has 1 aromatic rings. The molecule has 1 unspecified atom stereocenters. The molecule has 0 bridgehead atoms. The van der Waals surface area contributed by atoms with Gasteiger partial charge >= 0.3 is 0 Å². The van der Waals surface area contributed by atoms with Gasteiger partial charge in [0.25, 0.3) is 0 Å². The minimum atomic E-state index is 0.259. The van der Waals surface area contributed by atoms with Crippen LogP contribution in [0.25, 0.3) is 0 Å². The standard InChI is InChI=1S/C15H23Br/c1-5-14(16)10-9-12-7-6-8-13(11-12)15(2,3)4/h6-8,11,14H,5,9-10H2,1-4H3. The van der Waals surface area contributed by atoms with Crippen LogP contribution in [0.15, 0.2) is 24.3 Å². The van der Waals surface area contributed by atoms with E-state index in [1.165, 1.54) is 30.4 Å². The zero-order valence-corrected chi connectivity index (χ0v) is 12.5. The molecule has 16 heavy (non-hydrogen) atoms. The maximum absolute atomic E-state index is 3.69. The summed E-state index contributed by atoms with van der Waals surface area (Å²) in [6.45, 7) is 9.04. The third-order valence-corrected chi connectivity index (χ3v) is 4.09. The maximum atomic E-state index is 3.69. The molecule has 0 N–H and O–H groups in total. The van der Waals surface area contributed by atoms with Crippen molar-refractivity contribution in [2.45, 2.75) is 57.2 Å². The molecule has 0 spiro atoms. The number of alkyl halides is 1. The molecule has 0 amide bonds. The van der Waals surface area contributed by atoms with Crippen molar-refractivity contribution in [1.82, 2.24) is 0 Å². The molecule has 0 saturated carbocycles. The molecular weight excluding hydrogens is 260 g/mol. The van der Waals surface area contributed by atoms with Crippen LogP contribution in [0.3, 0.4) is 0 Å². The average Bonchev–Trinajstić information content (AvgIpc) is 2.25. The third-order valence-electron chi connectivity index (χ3n) is 2.98. The van der Waals surface area contributed by atoms with Gasteiger partial charge in [-0.2, -0.15) is 0 Å². The summed E-state index contributed by atoms with van der Waals surface area (Å²) in [5.74, 6) is 0. The number of rotatable bonds is 4.